The topological polar surface area (TPSA) is 97.8 Å². The molecule has 0 saturated heterocycles. The lowest BCUT2D eigenvalue weighted by Crippen LogP contribution is -2.03. The summed E-state index contributed by atoms with van der Waals surface area (Å²) >= 11 is 4.44. The largest absolute Gasteiger partial charge is 0.424 e. The highest BCUT2D eigenvalue weighted by Gasteiger charge is 2.04. The third-order valence-electron chi connectivity index (χ3n) is 3.49. The smallest absolute Gasteiger partial charge is 0.323 e. The fraction of sp³-hybridized carbons (Fsp3) is 0.0526. The Labute approximate surface area is 162 Å². The molecule has 0 atom stereocenters. The predicted octanol–water partition coefficient (Wildman–Crippen LogP) is 3.82. The van der Waals surface area contributed by atoms with Crippen LogP contribution >= 0.6 is 12.6 Å². The molecule has 0 aliphatic rings. The van der Waals surface area contributed by atoms with Gasteiger partial charge in [0.05, 0.1) is 12.0 Å². The van der Waals surface area contributed by atoms with Crippen LogP contribution in [0.1, 0.15) is 5.56 Å². The number of anilines is 1. The Bertz CT molecular complexity index is 943. The second kappa shape index (κ2) is 9.35. The van der Waals surface area contributed by atoms with Gasteiger partial charge in [-0.25, -0.2) is 15.0 Å². The van der Waals surface area contributed by atoms with Crippen LogP contribution in [0.25, 0.3) is 0 Å². The maximum atomic E-state index is 5.70. The van der Waals surface area contributed by atoms with E-state index in [1.807, 2.05) is 24.3 Å². The van der Waals surface area contributed by atoms with E-state index in [0.29, 0.717) is 18.1 Å². The highest BCUT2D eigenvalue weighted by atomic mass is 32.1. The minimum absolute atomic E-state index is 0.253. The van der Waals surface area contributed by atoms with E-state index in [9.17, 15) is 0 Å². The third-order valence-corrected chi connectivity index (χ3v) is 3.93. The summed E-state index contributed by atoms with van der Waals surface area (Å²) in [7, 11) is 0. The Morgan fingerprint density at radius 1 is 1.11 bits per heavy atom. The van der Waals surface area contributed by atoms with Crippen molar-refractivity contribution >= 4 is 36.8 Å². The van der Waals surface area contributed by atoms with Gasteiger partial charge in [-0.3, -0.25) is 0 Å². The van der Waals surface area contributed by atoms with Crippen LogP contribution in [0.15, 0.2) is 75.7 Å². The predicted molar refractivity (Wildman–Crippen MR) is 110 cm³/mol. The summed E-state index contributed by atoms with van der Waals surface area (Å²) in [5.41, 5.74) is 6.96. The molecule has 3 rings (SSSR count). The number of aromatic nitrogens is 2. The molecular formula is C19H18N6OS. The number of rotatable bonds is 7. The van der Waals surface area contributed by atoms with E-state index in [0.717, 1.165) is 16.1 Å². The fourth-order valence-electron chi connectivity index (χ4n) is 2.18. The van der Waals surface area contributed by atoms with E-state index in [1.165, 1.54) is 12.7 Å². The molecule has 0 fully saturated rings. The van der Waals surface area contributed by atoms with Crippen molar-refractivity contribution < 1.29 is 4.74 Å². The molecule has 0 aliphatic carbocycles. The van der Waals surface area contributed by atoms with Crippen LogP contribution in [0.3, 0.4) is 0 Å². The van der Waals surface area contributed by atoms with Gasteiger partial charge in [-0.1, -0.05) is 18.2 Å². The maximum absolute atomic E-state index is 5.70. The molecule has 1 aromatic heterocycles. The molecule has 27 heavy (non-hydrogen) atoms. The SMILES string of the molecule is NC=NC=Nc1ccc(Oc2nccc(NCc3ccccc3S)n2)cc1. The number of aliphatic imine (C=N–C) groups is 2. The van der Waals surface area contributed by atoms with Gasteiger partial charge in [0.1, 0.15) is 17.9 Å². The summed E-state index contributed by atoms with van der Waals surface area (Å²) in [6.07, 6.45) is 4.19. The van der Waals surface area contributed by atoms with Crippen LogP contribution < -0.4 is 15.8 Å². The first-order valence-electron chi connectivity index (χ1n) is 8.12. The summed E-state index contributed by atoms with van der Waals surface area (Å²) in [6.45, 7) is 0.605. The van der Waals surface area contributed by atoms with E-state index in [4.69, 9.17) is 10.5 Å². The lowest BCUT2D eigenvalue weighted by molar-refractivity contribution is 0.442. The number of hydrogen-bond acceptors (Lipinski definition) is 6. The first kappa shape index (κ1) is 18.4. The molecule has 2 aromatic carbocycles. The van der Waals surface area contributed by atoms with Crippen molar-refractivity contribution in [2.24, 2.45) is 15.7 Å². The molecule has 0 aliphatic heterocycles. The molecule has 0 spiro atoms. The first-order chi connectivity index (χ1) is 13.2. The van der Waals surface area contributed by atoms with E-state index in [1.54, 1.807) is 36.5 Å². The quantitative estimate of drug-likeness (QED) is 0.330. The molecule has 3 N–H and O–H groups in total. The van der Waals surface area contributed by atoms with Gasteiger partial charge >= 0.3 is 6.01 Å². The van der Waals surface area contributed by atoms with Gasteiger partial charge < -0.3 is 15.8 Å². The van der Waals surface area contributed by atoms with E-state index in [-0.39, 0.29) is 6.01 Å². The zero-order valence-electron chi connectivity index (χ0n) is 14.4. The van der Waals surface area contributed by atoms with E-state index in [2.05, 4.69) is 37.9 Å². The second-order valence-corrected chi connectivity index (χ2v) is 5.83. The van der Waals surface area contributed by atoms with Crippen molar-refractivity contribution in [2.45, 2.75) is 11.4 Å². The van der Waals surface area contributed by atoms with E-state index >= 15 is 0 Å². The number of thiol groups is 1. The van der Waals surface area contributed by atoms with Gasteiger partial charge in [-0.2, -0.15) is 4.98 Å². The summed E-state index contributed by atoms with van der Waals surface area (Å²) < 4.78 is 5.70. The standard InChI is InChI=1S/C19H18N6OS/c20-12-21-13-24-15-5-7-16(8-6-15)26-19-22-10-9-18(25-19)23-11-14-3-1-2-4-17(14)27/h1-10,12-13,27H,11H2,(H2,20,21,24)(H,22,23,25). The Morgan fingerprint density at radius 3 is 2.70 bits per heavy atom. The zero-order valence-corrected chi connectivity index (χ0v) is 15.3. The Kier molecular flexibility index (Phi) is 6.37. The summed E-state index contributed by atoms with van der Waals surface area (Å²) in [6, 6.07) is 17.1. The van der Waals surface area contributed by atoms with Crippen LogP contribution in [-0.2, 0) is 6.54 Å². The summed E-state index contributed by atoms with van der Waals surface area (Å²) in [5.74, 6) is 1.27. The van der Waals surface area contributed by atoms with Crippen molar-refractivity contribution in [3.8, 4) is 11.8 Å². The van der Waals surface area contributed by atoms with Crippen molar-refractivity contribution in [3.05, 3.63) is 66.4 Å². The molecule has 0 saturated carbocycles. The van der Waals surface area contributed by atoms with Crippen molar-refractivity contribution in [2.75, 3.05) is 5.32 Å². The Hall–Kier alpha value is -3.39. The normalized spacial score (nSPS) is 11.1. The zero-order chi connectivity index (χ0) is 18.9. The lowest BCUT2D eigenvalue weighted by atomic mass is 10.2. The van der Waals surface area contributed by atoms with Gasteiger partial charge in [0.25, 0.3) is 0 Å². The summed E-state index contributed by atoms with van der Waals surface area (Å²) in [4.78, 5) is 17.3. The highest BCUT2D eigenvalue weighted by molar-refractivity contribution is 7.80. The number of hydrogen-bond donors (Lipinski definition) is 3. The van der Waals surface area contributed by atoms with Gasteiger partial charge in [-0.05, 0) is 42.0 Å². The number of nitrogens with two attached hydrogens (primary N) is 1. The molecule has 136 valence electrons. The van der Waals surface area contributed by atoms with Crippen molar-refractivity contribution in [1.29, 1.82) is 0 Å². The molecular weight excluding hydrogens is 360 g/mol. The van der Waals surface area contributed by atoms with Crippen LogP contribution in [0.4, 0.5) is 11.5 Å². The van der Waals surface area contributed by atoms with E-state index < -0.39 is 0 Å². The molecule has 0 bridgehead atoms. The first-order valence-corrected chi connectivity index (χ1v) is 8.57. The fourth-order valence-corrected chi connectivity index (χ4v) is 2.42. The minimum Gasteiger partial charge on any atom is -0.424 e. The number of nitrogens with zero attached hydrogens (tertiary/aromatic N) is 4. The molecule has 3 aromatic rings. The van der Waals surface area contributed by atoms with Gasteiger partial charge in [0.15, 0.2) is 0 Å². The minimum atomic E-state index is 0.253. The highest BCUT2D eigenvalue weighted by Crippen LogP contribution is 2.22. The van der Waals surface area contributed by atoms with Crippen LogP contribution in [-0.4, -0.2) is 22.6 Å². The van der Waals surface area contributed by atoms with Crippen LogP contribution in [0, 0.1) is 0 Å². The number of nitrogens with one attached hydrogen (secondary N) is 1. The van der Waals surface area contributed by atoms with Crippen molar-refractivity contribution in [3.63, 3.8) is 0 Å². The monoisotopic (exact) mass is 378 g/mol. The Morgan fingerprint density at radius 2 is 1.93 bits per heavy atom. The molecule has 1 heterocycles. The third kappa shape index (κ3) is 5.55. The summed E-state index contributed by atoms with van der Waals surface area (Å²) in [5, 5.41) is 3.24. The van der Waals surface area contributed by atoms with Gasteiger partial charge in [0, 0.05) is 17.6 Å². The van der Waals surface area contributed by atoms with Crippen LogP contribution in [0.2, 0.25) is 0 Å². The van der Waals surface area contributed by atoms with Crippen LogP contribution in [0.5, 0.6) is 11.8 Å². The molecule has 8 heteroatoms. The average molecular weight is 378 g/mol. The molecule has 7 nitrogen and oxygen atoms in total. The second-order valence-electron chi connectivity index (χ2n) is 5.35. The Balaban J connectivity index is 1.62. The van der Waals surface area contributed by atoms with Gasteiger partial charge in [0.2, 0.25) is 0 Å². The average Bonchev–Trinajstić information content (AvgIpc) is 2.69. The number of benzene rings is 2. The van der Waals surface area contributed by atoms with Gasteiger partial charge in [-0.15, -0.1) is 12.6 Å². The molecule has 0 amide bonds. The molecule has 0 radical (unpaired) electrons. The lowest BCUT2D eigenvalue weighted by Gasteiger charge is -2.09. The number of ether oxygens (including phenoxy) is 1. The maximum Gasteiger partial charge on any atom is 0.323 e. The molecule has 0 unspecified atom stereocenters. The van der Waals surface area contributed by atoms with Crippen molar-refractivity contribution in [1.82, 2.24) is 9.97 Å².